The molecule has 0 unspecified atom stereocenters. The van der Waals surface area contributed by atoms with E-state index in [4.69, 9.17) is 9.47 Å². The highest BCUT2D eigenvalue weighted by molar-refractivity contribution is 7.92. The van der Waals surface area contributed by atoms with Crippen LogP contribution in [0, 0.1) is 0 Å². The first-order valence-electron chi connectivity index (χ1n) is 10.7. The van der Waals surface area contributed by atoms with Crippen LogP contribution in [0.15, 0.2) is 89.8 Å². The second-order valence-corrected chi connectivity index (χ2v) is 8.89. The maximum absolute atomic E-state index is 12.5. The number of unbranched alkanes of at least 4 members (excludes halogenated alkanes) is 1. The summed E-state index contributed by atoms with van der Waals surface area (Å²) in [5, 5.41) is 0. The number of sulfonamides is 1. The van der Waals surface area contributed by atoms with E-state index < -0.39 is 10.0 Å². The van der Waals surface area contributed by atoms with Crippen LogP contribution in [-0.4, -0.2) is 21.0 Å². The van der Waals surface area contributed by atoms with Crippen molar-refractivity contribution in [2.45, 2.75) is 31.1 Å². The maximum Gasteiger partial charge on any atom is 0.311 e. The van der Waals surface area contributed by atoms with E-state index in [1.165, 1.54) is 0 Å². The molecule has 1 N–H and O–H groups in total. The molecule has 0 aliphatic carbocycles. The number of rotatable bonds is 11. The standard InChI is InChI=1S/C26H27NO5S/c1-2-26(28)32-25-18-9-8-17-24(25)31-19-10-4-5-12-21-13-11-14-22(20-21)27-33(29,30)23-15-6-3-7-16-23/h3,5-9,11-18,20,27H,2,4,10,19H2,1H3/b12-5+. The Labute approximate surface area is 194 Å². The van der Waals surface area contributed by atoms with Crippen molar-refractivity contribution in [1.29, 1.82) is 0 Å². The van der Waals surface area contributed by atoms with Crippen molar-refractivity contribution >= 4 is 27.8 Å². The van der Waals surface area contributed by atoms with E-state index in [2.05, 4.69) is 4.72 Å². The van der Waals surface area contributed by atoms with Crippen molar-refractivity contribution in [2.75, 3.05) is 11.3 Å². The quantitative estimate of drug-likeness (QED) is 0.224. The zero-order chi connectivity index (χ0) is 23.5. The molecule has 3 aromatic rings. The molecule has 33 heavy (non-hydrogen) atoms. The Balaban J connectivity index is 1.49. The van der Waals surface area contributed by atoms with Gasteiger partial charge in [-0.05, 0) is 54.8 Å². The normalized spacial score (nSPS) is 11.3. The van der Waals surface area contributed by atoms with Crippen LogP contribution in [0.3, 0.4) is 0 Å². The van der Waals surface area contributed by atoms with Crippen molar-refractivity contribution in [1.82, 2.24) is 0 Å². The van der Waals surface area contributed by atoms with E-state index in [1.54, 1.807) is 73.7 Å². The first kappa shape index (κ1) is 24.1. The summed E-state index contributed by atoms with van der Waals surface area (Å²) >= 11 is 0. The molecule has 0 aromatic heterocycles. The van der Waals surface area contributed by atoms with Gasteiger partial charge in [0.15, 0.2) is 11.5 Å². The fourth-order valence-corrected chi connectivity index (χ4v) is 4.04. The molecular formula is C26H27NO5S. The molecule has 3 rings (SSSR count). The Morgan fingerprint density at radius 2 is 1.67 bits per heavy atom. The highest BCUT2D eigenvalue weighted by Gasteiger charge is 2.13. The molecule has 0 radical (unpaired) electrons. The molecular weight excluding hydrogens is 438 g/mol. The zero-order valence-electron chi connectivity index (χ0n) is 18.4. The second-order valence-electron chi connectivity index (χ2n) is 7.21. The predicted octanol–water partition coefficient (Wildman–Crippen LogP) is 5.68. The number of anilines is 1. The third-order valence-electron chi connectivity index (χ3n) is 4.64. The lowest BCUT2D eigenvalue weighted by atomic mass is 10.1. The lowest BCUT2D eigenvalue weighted by Crippen LogP contribution is -2.12. The van der Waals surface area contributed by atoms with E-state index in [0.29, 0.717) is 30.2 Å². The minimum atomic E-state index is -3.62. The number of para-hydroxylation sites is 2. The number of carbonyl (C=O) groups excluding carboxylic acids is 1. The lowest BCUT2D eigenvalue weighted by molar-refractivity contribution is -0.134. The molecule has 6 nitrogen and oxygen atoms in total. The molecule has 0 atom stereocenters. The second kappa shape index (κ2) is 11.9. The number of benzene rings is 3. The molecule has 0 fully saturated rings. The largest absolute Gasteiger partial charge is 0.490 e. The van der Waals surface area contributed by atoms with E-state index >= 15 is 0 Å². The van der Waals surface area contributed by atoms with Crippen molar-refractivity contribution in [3.8, 4) is 11.5 Å². The van der Waals surface area contributed by atoms with Crippen molar-refractivity contribution in [3.63, 3.8) is 0 Å². The first-order valence-corrected chi connectivity index (χ1v) is 12.2. The molecule has 7 heteroatoms. The van der Waals surface area contributed by atoms with Gasteiger partial charge in [0.05, 0.1) is 11.5 Å². The Bertz CT molecular complexity index is 1190. The molecule has 0 amide bonds. The Hall–Kier alpha value is -3.58. The molecule has 172 valence electrons. The number of allylic oxidation sites excluding steroid dienone is 1. The van der Waals surface area contributed by atoms with Gasteiger partial charge in [-0.3, -0.25) is 9.52 Å². The minimum Gasteiger partial charge on any atom is -0.490 e. The van der Waals surface area contributed by atoms with Gasteiger partial charge in [0.2, 0.25) is 0 Å². The van der Waals surface area contributed by atoms with Crippen LogP contribution < -0.4 is 14.2 Å². The highest BCUT2D eigenvalue weighted by atomic mass is 32.2. The molecule has 0 aliphatic rings. The summed E-state index contributed by atoms with van der Waals surface area (Å²) in [6.07, 6.45) is 5.80. The Morgan fingerprint density at radius 3 is 2.42 bits per heavy atom. The number of ether oxygens (including phenoxy) is 2. The zero-order valence-corrected chi connectivity index (χ0v) is 19.3. The van der Waals surface area contributed by atoms with Crippen LogP contribution in [0.2, 0.25) is 0 Å². The third-order valence-corrected chi connectivity index (χ3v) is 6.03. The van der Waals surface area contributed by atoms with Gasteiger partial charge in [-0.2, -0.15) is 0 Å². The van der Waals surface area contributed by atoms with Gasteiger partial charge in [0.1, 0.15) is 0 Å². The topological polar surface area (TPSA) is 81.7 Å². The average molecular weight is 466 g/mol. The summed E-state index contributed by atoms with van der Waals surface area (Å²) < 4.78 is 38.6. The van der Waals surface area contributed by atoms with Gasteiger partial charge < -0.3 is 9.47 Å². The number of hydrogen-bond donors (Lipinski definition) is 1. The van der Waals surface area contributed by atoms with Crippen LogP contribution >= 0.6 is 0 Å². The van der Waals surface area contributed by atoms with Gasteiger partial charge in [-0.15, -0.1) is 0 Å². The molecule has 0 saturated heterocycles. The minimum absolute atomic E-state index is 0.219. The average Bonchev–Trinajstić information content (AvgIpc) is 2.82. The summed E-state index contributed by atoms with van der Waals surface area (Å²) in [4.78, 5) is 11.8. The molecule has 0 aliphatic heterocycles. The van der Waals surface area contributed by atoms with E-state index in [0.717, 1.165) is 18.4 Å². The third kappa shape index (κ3) is 7.50. The van der Waals surface area contributed by atoms with E-state index in [9.17, 15) is 13.2 Å². The van der Waals surface area contributed by atoms with Crippen LogP contribution in [-0.2, 0) is 14.8 Å². The number of carbonyl (C=O) groups is 1. The summed E-state index contributed by atoms with van der Waals surface area (Å²) in [5.74, 6) is 0.665. The summed E-state index contributed by atoms with van der Waals surface area (Å²) in [6.45, 7) is 2.22. The van der Waals surface area contributed by atoms with E-state index in [1.807, 2.05) is 24.3 Å². The van der Waals surface area contributed by atoms with Crippen molar-refractivity contribution in [2.24, 2.45) is 0 Å². The van der Waals surface area contributed by atoms with E-state index in [-0.39, 0.29) is 10.9 Å². The molecule has 0 heterocycles. The Kier molecular flexibility index (Phi) is 8.66. The van der Waals surface area contributed by atoms with Crippen molar-refractivity contribution in [3.05, 3.63) is 90.5 Å². The summed E-state index contributed by atoms with van der Waals surface area (Å²) in [7, 11) is -3.62. The first-order chi connectivity index (χ1) is 16.0. The highest BCUT2D eigenvalue weighted by Crippen LogP contribution is 2.27. The lowest BCUT2D eigenvalue weighted by Gasteiger charge is -2.10. The fourth-order valence-electron chi connectivity index (χ4n) is 2.97. The Morgan fingerprint density at radius 1 is 0.939 bits per heavy atom. The molecule has 0 saturated carbocycles. The molecule has 3 aromatic carbocycles. The smallest absolute Gasteiger partial charge is 0.311 e. The van der Waals surface area contributed by atoms with Gasteiger partial charge in [-0.1, -0.05) is 61.5 Å². The van der Waals surface area contributed by atoms with Crippen LogP contribution in [0.1, 0.15) is 31.7 Å². The maximum atomic E-state index is 12.5. The molecule has 0 bridgehead atoms. The van der Waals surface area contributed by atoms with Gasteiger partial charge in [-0.25, -0.2) is 8.42 Å². The summed E-state index contributed by atoms with van der Waals surface area (Å²) in [6, 6.07) is 22.6. The van der Waals surface area contributed by atoms with Crippen LogP contribution in [0.5, 0.6) is 11.5 Å². The summed E-state index contributed by atoms with van der Waals surface area (Å²) in [5.41, 5.74) is 1.39. The monoisotopic (exact) mass is 465 g/mol. The van der Waals surface area contributed by atoms with Crippen LogP contribution in [0.25, 0.3) is 6.08 Å². The molecule has 0 spiro atoms. The van der Waals surface area contributed by atoms with Gasteiger partial charge >= 0.3 is 5.97 Å². The SMILES string of the molecule is CCC(=O)Oc1ccccc1OCCC/C=C/c1cccc(NS(=O)(=O)c2ccccc2)c1. The number of nitrogens with one attached hydrogen (secondary N) is 1. The van der Waals surface area contributed by atoms with Crippen molar-refractivity contribution < 1.29 is 22.7 Å². The van der Waals surface area contributed by atoms with Crippen LogP contribution in [0.4, 0.5) is 5.69 Å². The fraction of sp³-hybridized carbons (Fsp3) is 0.192. The van der Waals surface area contributed by atoms with Gasteiger partial charge in [0, 0.05) is 12.1 Å². The van der Waals surface area contributed by atoms with Gasteiger partial charge in [0.25, 0.3) is 10.0 Å². The predicted molar refractivity (Wildman–Crippen MR) is 130 cm³/mol. The number of esters is 1. The number of hydrogen-bond acceptors (Lipinski definition) is 5.